The summed E-state index contributed by atoms with van der Waals surface area (Å²) in [6, 6.07) is 0.426. The lowest BCUT2D eigenvalue weighted by atomic mass is 9.68. The highest BCUT2D eigenvalue weighted by Crippen LogP contribution is 2.42. The Hall–Kier alpha value is -0.120. The van der Waals surface area contributed by atoms with Crippen LogP contribution < -0.4 is 11.3 Å². The molecule has 18 heavy (non-hydrogen) atoms. The molecule has 0 bridgehead atoms. The number of hydrogen-bond acceptors (Lipinski definition) is 3. The second-order valence-electron chi connectivity index (χ2n) is 6.90. The largest absolute Gasteiger partial charge is 0.378 e. The van der Waals surface area contributed by atoms with E-state index in [4.69, 9.17) is 10.6 Å². The molecule has 0 heterocycles. The van der Waals surface area contributed by atoms with E-state index >= 15 is 0 Å². The van der Waals surface area contributed by atoms with Gasteiger partial charge in [-0.25, -0.2) is 0 Å². The van der Waals surface area contributed by atoms with E-state index in [-0.39, 0.29) is 5.60 Å². The summed E-state index contributed by atoms with van der Waals surface area (Å²) in [5.74, 6) is 8.24. The Morgan fingerprint density at radius 1 is 1.22 bits per heavy atom. The minimum Gasteiger partial charge on any atom is -0.378 e. The van der Waals surface area contributed by atoms with Gasteiger partial charge in [-0.3, -0.25) is 11.3 Å². The van der Waals surface area contributed by atoms with Crippen molar-refractivity contribution in [3.05, 3.63) is 0 Å². The molecule has 0 aromatic heterocycles. The Morgan fingerprint density at radius 3 is 2.22 bits per heavy atom. The highest BCUT2D eigenvalue weighted by molar-refractivity contribution is 4.95. The predicted molar refractivity (Wildman–Crippen MR) is 75.0 cm³/mol. The maximum absolute atomic E-state index is 5.83. The van der Waals surface area contributed by atoms with E-state index in [2.05, 4.69) is 19.3 Å². The van der Waals surface area contributed by atoms with E-state index in [0.717, 1.165) is 24.2 Å². The molecule has 0 amide bonds. The third-order valence-electron chi connectivity index (χ3n) is 5.29. The third kappa shape index (κ3) is 3.06. The van der Waals surface area contributed by atoms with Crippen molar-refractivity contribution in [1.29, 1.82) is 0 Å². The van der Waals surface area contributed by atoms with Gasteiger partial charge in [0.1, 0.15) is 0 Å². The molecule has 2 aliphatic rings. The summed E-state index contributed by atoms with van der Waals surface area (Å²) in [5, 5.41) is 0. The predicted octanol–water partition coefficient (Wildman–Crippen LogP) is 2.85. The van der Waals surface area contributed by atoms with Crippen LogP contribution in [0.5, 0.6) is 0 Å². The maximum Gasteiger partial charge on any atom is 0.0694 e. The van der Waals surface area contributed by atoms with Crippen LogP contribution in [0, 0.1) is 17.8 Å². The molecule has 2 aliphatic carbocycles. The highest BCUT2D eigenvalue weighted by Gasteiger charge is 2.41. The average molecular weight is 254 g/mol. The smallest absolute Gasteiger partial charge is 0.0694 e. The van der Waals surface area contributed by atoms with Gasteiger partial charge in [0.15, 0.2) is 0 Å². The summed E-state index contributed by atoms with van der Waals surface area (Å²) in [6.45, 7) is 4.76. The van der Waals surface area contributed by atoms with Crippen LogP contribution in [0.4, 0.5) is 0 Å². The SMILES string of the molecule is COC1(CC(NN)C2CC(C)CC(C)C2)CCC1. The molecule has 3 N–H and O–H groups in total. The van der Waals surface area contributed by atoms with Gasteiger partial charge in [0.25, 0.3) is 0 Å². The van der Waals surface area contributed by atoms with Gasteiger partial charge in [-0.1, -0.05) is 13.8 Å². The molecule has 2 rings (SSSR count). The zero-order chi connectivity index (χ0) is 13.2. The van der Waals surface area contributed by atoms with Crippen molar-refractivity contribution in [3.8, 4) is 0 Å². The zero-order valence-corrected chi connectivity index (χ0v) is 12.2. The Balaban J connectivity index is 1.95. The van der Waals surface area contributed by atoms with E-state index in [0.29, 0.717) is 6.04 Å². The van der Waals surface area contributed by atoms with Crippen molar-refractivity contribution in [1.82, 2.24) is 5.43 Å². The molecular weight excluding hydrogens is 224 g/mol. The molecule has 2 fully saturated rings. The topological polar surface area (TPSA) is 47.3 Å². The quantitative estimate of drug-likeness (QED) is 0.586. The fourth-order valence-electron chi connectivity index (χ4n) is 4.16. The third-order valence-corrected chi connectivity index (χ3v) is 5.29. The number of ether oxygens (including phenoxy) is 1. The molecule has 3 unspecified atom stereocenters. The first-order valence-corrected chi connectivity index (χ1v) is 7.60. The zero-order valence-electron chi connectivity index (χ0n) is 12.2. The normalized spacial score (nSPS) is 37.0. The van der Waals surface area contributed by atoms with E-state index in [1.807, 2.05) is 7.11 Å². The van der Waals surface area contributed by atoms with Crippen molar-refractivity contribution in [2.45, 2.75) is 70.4 Å². The number of nitrogens with one attached hydrogen (secondary N) is 1. The molecule has 3 atom stereocenters. The molecule has 2 saturated carbocycles. The second-order valence-corrected chi connectivity index (χ2v) is 6.90. The number of nitrogens with two attached hydrogens (primary N) is 1. The van der Waals surface area contributed by atoms with Gasteiger partial charge in [-0.15, -0.1) is 0 Å². The second kappa shape index (κ2) is 5.89. The summed E-state index contributed by atoms with van der Waals surface area (Å²) < 4.78 is 5.76. The molecule has 0 spiro atoms. The van der Waals surface area contributed by atoms with Crippen LogP contribution in [-0.4, -0.2) is 18.8 Å². The van der Waals surface area contributed by atoms with Crippen LogP contribution in [0.3, 0.4) is 0 Å². The fraction of sp³-hybridized carbons (Fsp3) is 1.00. The molecular formula is C15H30N2O. The first-order valence-electron chi connectivity index (χ1n) is 7.60. The van der Waals surface area contributed by atoms with Gasteiger partial charge < -0.3 is 4.74 Å². The Bertz CT molecular complexity index is 250. The first kappa shape index (κ1) is 14.3. The molecule has 106 valence electrons. The van der Waals surface area contributed by atoms with Crippen molar-refractivity contribution >= 4 is 0 Å². The van der Waals surface area contributed by atoms with Crippen molar-refractivity contribution in [2.24, 2.45) is 23.6 Å². The van der Waals surface area contributed by atoms with Gasteiger partial charge in [-0.05, 0) is 62.7 Å². The van der Waals surface area contributed by atoms with Gasteiger partial charge in [0.05, 0.1) is 5.60 Å². The summed E-state index contributed by atoms with van der Waals surface area (Å²) in [7, 11) is 1.86. The number of hydrogen-bond donors (Lipinski definition) is 2. The molecule has 0 aromatic carbocycles. The van der Waals surface area contributed by atoms with Gasteiger partial charge in [0.2, 0.25) is 0 Å². The van der Waals surface area contributed by atoms with Crippen LogP contribution in [0.25, 0.3) is 0 Å². The highest BCUT2D eigenvalue weighted by atomic mass is 16.5. The van der Waals surface area contributed by atoms with Gasteiger partial charge in [-0.2, -0.15) is 0 Å². The standard InChI is InChI=1S/C15H30N2O/c1-11-7-12(2)9-13(8-11)14(17-16)10-15(18-3)5-4-6-15/h11-14,17H,4-10,16H2,1-3H3. The van der Waals surface area contributed by atoms with Crippen molar-refractivity contribution < 1.29 is 4.74 Å². The molecule has 0 aliphatic heterocycles. The lowest BCUT2D eigenvalue weighted by molar-refractivity contribution is -0.0890. The molecule has 3 nitrogen and oxygen atoms in total. The fourth-order valence-corrected chi connectivity index (χ4v) is 4.16. The minimum atomic E-state index is 0.126. The number of rotatable bonds is 5. The minimum absolute atomic E-state index is 0.126. The summed E-state index contributed by atoms with van der Waals surface area (Å²) in [5.41, 5.74) is 3.22. The lowest BCUT2D eigenvalue weighted by Gasteiger charge is -2.45. The monoisotopic (exact) mass is 254 g/mol. The number of hydrazine groups is 1. The Morgan fingerprint density at radius 2 is 1.83 bits per heavy atom. The van der Waals surface area contributed by atoms with Crippen LogP contribution >= 0.6 is 0 Å². The molecule has 0 radical (unpaired) electrons. The Labute approximate surface area is 112 Å². The summed E-state index contributed by atoms with van der Waals surface area (Å²) in [4.78, 5) is 0. The summed E-state index contributed by atoms with van der Waals surface area (Å²) >= 11 is 0. The number of methoxy groups -OCH3 is 1. The van der Waals surface area contributed by atoms with Crippen molar-refractivity contribution in [2.75, 3.05) is 7.11 Å². The van der Waals surface area contributed by atoms with Crippen LogP contribution in [0.2, 0.25) is 0 Å². The van der Waals surface area contributed by atoms with E-state index in [9.17, 15) is 0 Å². The van der Waals surface area contributed by atoms with E-state index in [1.54, 1.807) is 0 Å². The lowest BCUT2D eigenvalue weighted by Crippen LogP contribution is -2.51. The average Bonchev–Trinajstić information content (AvgIpc) is 2.27. The van der Waals surface area contributed by atoms with Crippen LogP contribution in [0.15, 0.2) is 0 Å². The molecule has 0 aromatic rings. The van der Waals surface area contributed by atoms with Crippen molar-refractivity contribution in [3.63, 3.8) is 0 Å². The molecule has 0 saturated heterocycles. The Kier molecular flexibility index (Phi) is 4.68. The van der Waals surface area contributed by atoms with Crippen LogP contribution in [0.1, 0.15) is 58.8 Å². The maximum atomic E-state index is 5.83. The summed E-state index contributed by atoms with van der Waals surface area (Å²) in [6.07, 6.45) is 8.83. The van der Waals surface area contributed by atoms with Crippen LogP contribution in [-0.2, 0) is 4.74 Å². The van der Waals surface area contributed by atoms with Gasteiger partial charge in [0, 0.05) is 13.2 Å². The van der Waals surface area contributed by atoms with E-state index < -0.39 is 0 Å². The van der Waals surface area contributed by atoms with Gasteiger partial charge >= 0.3 is 0 Å². The first-order chi connectivity index (χ1) is 8.58. The molecule has 3 heteroatoms. The van der Waals surface area contributed by atoms with E-state index in [1.165, 1.54) is 38.5 Å².